The van der Waals surface area contributed by atoms with Crippen molar-refractivity contribution in [2.24, 2.45) is 0 Å². The maximum Gasteiger partial charge on any atom is 0.192 e. The Hall–Kier alpha value is -2.90. The molecule has 29 heavy (non-hydrogen) atoms. The minimum Gasteiger partial charge on any atom is -0.467 e. The Bertz CT molecular complexity index is 1130. The van der Waals surface area contributed by atoms with E-state index < -0.39 is 0 Å². The number of carbonyl (C=O) groups excluding carboxylic acids is 1. The number of rotatable bonds is 7. The van der Waals surface area contributed by atoms with Gasteiger partial charge in [-0.3, -0.25) is 9.36 Å². The monoisotopic (exact) mass is 427 g/mol. The standard InChI is InChI=1S/C21H15ClFN3O2S/c22-16-4-1-3-15(11-16)20-24-25-21(26(20)12-18-5-2-10-28-18)29-13-19(27)14-6-8-17(23)9-7-14/h1-11H,12-13H2. The van der Waals surface area contributed by atoms with Gasteiger partial charge in [0.05, 0.1) is 18.6 Å². The Labute approximate surface area is 175 Å². The first-order chi connectivity index (χ1) is 14.1. The third-order valence-electron chi connectivity index (χ3n) is 4.19. The van der Waals surface area contributed by atoms with Crippen LogP contribution in [0.4, 0.5) is 4.39 Å². The van der Waals surface area contributed by atoms with Gasteiger partial charge in [0.1, 0.15) is 11.6 Å². The van der Waals surface area contributed by atoms with Crippen molar-refractivity contribution < 1.29 is 13.6 Å². The molecule has 0 atom stereocenters. The van der Waals surface area contributed by atoms with Gasteiger partial charge in [-0.15, -0.1) is 10.2 Å². The first-order valence-corrected chi connectivity index (χ1v) is 10.1. The van der Waals surface area contributed by atoms with Crippen LogP contribution < -0.4 is 0 Å². The van der Waals surface area contributed by atoms with Gasteiger partial charge in [-0.05, 0) is 48.5 Å². The van der Waals surface area contributed by atoms with Crippen LogP contribution in [0.1, 0.15) is 16.1 Å². The van der Waals surface area contributed by atoms with Gasteiger partial charge >= 0.3 is 0 Å². The molecule has 0 aliphatic carbocycles. The summed E-state index contributed by atoms with van der Waals surface area (Å²) in [5.74, 6) is 1.02. The molecule has 0 amide bonds. The van der Waals surface area contributed by atoms with Crippen molar-refractivity contribution in [1.82, 2.24) is 14.8 Å². The van der Waals surface area contributed by atoms with E-state index in [-0.39, 0.29) is 17.4 Å². The Balaban J connectivity index is 1.60. The molecule has 4 aromatic rings. The second-order valence-corrected chi connectivity index (χ2v) is 7.58. The van der Waals surface area contributed by atoms with Crippen LogP contribution in [0.25, 0.3) is 11.4 Å². The summed E-state index contributed by atoms with van der Waals surface area (Å²) in [4.78, 5) is 12.4. The fraction of sp³-hybridized carbons (Fsp3) is 0.0952. The minimum absolute atomic E-state index is 0.119. The van der Waals surface area contributed by atoms with Gasteiger partial charge in [0.2, 0.25) is 0 Å². The Morgan fingerprint density at radius 1 is 1.10 bits per heavy atom. The number of benzene rings is 2. The molecule has 8 heteroatoms. The summed E-state index contributed by atoms with van der Waals surface area (Å²) < 4.78 is 20.4. The van der Waals surface area contributed by atoms with Gasteiger partial charge in [-0.25, -0.2) is 4.39 Å². The largest absolute Gasteiger partial charge is 0.467 e. The number of halogens is 2. The molecule has 4 rings (SSSR count). The second kappa shape index (κ2) is 8.63. The van der Waals surface area contributed by atoms with E-state index in [4.69, 9.17) is 16.0 Å². The highest BCUT2D eigenvalue weighted by Gasteiger charge is 2.18. The van der Waals surface area contributed by atoms with Crippen molar-refractivity contribution in [3.8, 4) is 11.4 Å². The highest BCUT2D eigenvalue weighted by molar-refractivity contribution is 7.99. The molecule has 0 aliphatic rings. The predicted octanol–water partition coefficient (Wildman–Crippen LogP) is 5.35. The summed E-state index contributed by atoms with van der Waals surface area (Å²) in [7, 11) is 0. The van der Waals surface area contributed by atoms with Crippen molar-refractivity contribution >= 4 is 29.1 Å². The first-order valence-electron chi connectivity index (χ1n) is 8.73. The summed E-state index contributed by atoms with van der Waals surface area (Å²) in [5.41, 5.74) is 1.26. The first kappa shape index (κ1) is 19.4. The molecule has 0 spiro atoms. The van der Waals surface area contributed by atoms with E-state index in [2.05, 4.69) is 10.2 Å². The van der Waals surface area contributed by atoms with Crippen molar-refractivity contribution in [2.75, 3.05) is 5.75 Å². The lowest BCUT2D eigenvalue weighted by atomic mass is 10.1. The predicted molar refractivity (Wildman–Crippen MR) is 110 cm³/mol. The zero-order chi connectivity index (χ0) is 20.2. The summed E-state index contributed by atoms with van der Waals surface area (Å²) >= 11 is 7.39. The van der Waals surface area contributed by atoms with Gasteiger partial charge in [-0.2, -0.15) is 0 Å². The zero-order valence-corrected chi connectivity index (χ0v) is 16.7. The quantitative estimate of drug-likeness (QED) is 0.294. The van der Waals surface area contributed by atoms with Crippen LogP contribution in [-0.2, 0) is 6.54 Å². The van der Waals surface area contributed by atoms with Crippen LogP contribution in [0.3, 0.4) is 0 Å². The van der Waals surface area contributed by atoms with Crippen LogP contribution in [0.2, 0.25) is 5.02 Å². The van der Waals surface area contributed by atoms with E-state index >= 15 is 0 Å². The lowest BCUT2D eigenvalue weighted by Gasteiger charge is -2.09. The Morgan fingerprint density at radius 3 is 2.66 bits per heavy atom. The Morgan fingerprint density at radius 2 is 1.93 bits per heavy atom. The molecule has 0 aliphatic heterocycles. The van der Waals surface area contributed by atoms with Gasteiger partial charge in [0.15, 0.2) is 16.8 Å². The van der Waals surface area contributed by atoms with Crippen LogP contribution in [0.15, 0.2) is 76.5 Å². The molecular weight excluding hydrogens is 413 g/mol. The number of ketones is 1. The van der Waals surface area contributed by atoms with Gasteiger partial charge in [0.25, 0.3) is 0 Å². The van der Waals surface area contributed by atoms with Crippen LogP contribution in [0.5, 0.6) is 0 Å². The minimum atomic E-state index is -0.376. The molecule has 0 unspecified atom stereocenters. The van der Waals surface area contributed by atoms with Gasteiger partial charge in [-0.1, -0.05) is 35.5 Å². The molecule has 0 bridgehead atoms. The van der Waals surface area contributed by atoms with Crippen LogP contribution in [-0.4, -0.2) is 26.3 Å². The molecular formula is C21H15ClFN3O2S. The third-order valence-corrected chi connectivity index (χ3v) is 5.39. The summed E-state index contributed by atoms with van der Waals surface area (Å²) in [5, 5.41) is 9.73. The van der Waals surface area contributed by atoms with Crippen LogP contribution >= 0.6 is 23.4 Å². The summed E-state index contributed by atoms with van der Waals surface area (Å²) in [6, 6.07) is 16.5. The fourth-order valence-corrected chi connectivity index (χ4v) is 3.81. The van der Waals surface area contributed by atoms with E-state index in [0.717, 1.165) is 11.3 Å². The summed E-state index contributed by atoms with van der Waals surface area (Å²) in [6.07, 6.45) is 1.60. The van der Waals surface area contributed by atoms with Crippen molar-refractivity contribution in [3.63, 3.8) is 0 Å². The fourth-order valence-electron chi connectivity index (χ4n) is 2.79. The molecule has 0 saturated heterocycles. The summed E-state index contributed by atoms with van der Waals surface area (Å²) in [6.45, 7) is 0.412. The normalized spacial score (nSPS) is 11.0. The van der Waals surface area contributed by atoms with Crippen LogP contribution in [0, 0.1) is 5.82 Å². The Kier molecular flexibility index (Phi) is 5.78. The number of furan rings is 1. The molecule has 0 saturated carbocycles. The number of hydrogen-bond donors (Lipinski definition) is 0. The van der Waals surface area contributed by atoms with Crippen molar-refractivity contribution in [3.05, 3.63) is 89.1 Å². The lowest BCUT2D eigenvalue weighted by molar-refractivity contribution is 0.102. The topological polar surface area (TPSA) is 60.9 Å². The third kappa shape index (κ3) is 4.58. The van der Waals surface area contributed by atoms with E-state index in [0.29, 0.717) is 28.1 Å². The molecule has 2 heterocycles. The highest BCUT2D eigenvalue weighted by atomic mass is 35.5. The van der Waals surface area contributed by atoms with Gasteiger partial charge in [0, 0.05) is 16.1 Å². The number of Topliss-reactive ketones (excluding diaryl/α,β-unsaturated/α-hetero) is 1. The number of carbonyl (C=O) groups is 1. The van der Waals surface area contributed by atoms with E-state index in [1.54, 1.807) is 12.3 Å². The number of nitrogens with zero attached hydrogens (tertiary/aromatic N) is 3. The second-order valence-electron chi connectivity index (χ2n) is 6.20. The zero-order valence-electron chi connectivity index (χ0n) is 15.1. The SMILES string of the molecule is O=C(CSc1nnc(-c2cccc(Cl)c2)n1Cc1ccco1)c1ccc(F)cc1. The maximum absolute atomic E-state index is 13.1. The van der Waals surface area contributed by atoms with E-state index in [9.17, 15) is 9.18 Å². The van der Waals surface area contributed by atoms with Crippen molar-refractivity contribution in [2.45, 2.75) is 11.7 Å². The molecule has 0 fully saturated rings. The average molecular weight is 428 g/mol. The molecule has 0 N–H and O–H groups in total. The average Bonchev–Trinajstić information content (AvgIpc) is 3.37. The lowest BCUT2D eigenvalue weighted by Crippen LogP contribution is -2.06. The number of thioether (sulfide) groups is 1. The highest BCUT2D eigenvalue weighted by Crippen LogP contribution is 2.27. The smallest absolute Gasteiger partial charge is 0.192 e. The number of aromatic nitrogens is 3. The number of hydrogen-bond acceptors (Lipinski definition) is 5. The molecule has 2 aromatic carbocycles. The van der Waals surface area contributed by atoms with Crippen molar-refractivity contribution in [1.29, 1.82) is 0 Å². The maximum atomic E-state index is 13.1. The van der Waals surface area contributed by atoms with Gasteiger partial charge < -0.3 is 4.42 Å². The molecule has 0 radical (unpaired) electrons. The van der Waals surface area contributed by atoms with E-state index in [1.807, 2.05) is 34.9 Å². The molecule has 146 valence electrons. The molecule has 5 nitrogen and oxygen atoms in total. The molecule has 2 aromatic heterocycles. The van der Waals surface area contributed by atoms with E-state index in [1.165, 1.54) is 36.0 Å².